The maximum atomic E-state index is 13.1. The van der Waals surface area contributed by atoms with Crippen LogP contribution in [0.3, 0.4) is 0 Å². The number of ether oxygens (including phenoxy) is 12. The molecule has 2 aromatic rings. The molecule has 2 fully saturated rings. The highest BCUT2D eigenvalue weighted by molar-refractivity contribution is 5.76. The molecule has 0 radical (unpaired) electrons. The van der Waals surface area contributed by atoms with Gasteiger partial charge in [-0.05, 0) is 0 Å². The van der Waals surface area contributed by atoms with Crippen molar-refractivity contribution in [2.45, 2.75) is 92.5 Å². The normalized spacial score (nSPS) is 22.7. The summed E-state index contributed by atoms with van der Waals surface area (Å²) in [5.74, 6) is -2.48. The van der Waals surface area contributed by atoms with Gasteiger partial charge in [0.25, 0.3) is 0 Å². The van der Waals surface area contributed by atoms with Gasteiger partial charge in [0.05, 0.1) is 170 Å². The van der Waals surface area contributed by atoms with E-state index in [1.54, 1.807) is 0 Å². The number of aromatic nitrogens is 4. The van der Waals surface area contributed by atoms with E-state index in [9.17, 15) is 71.4 Å². The van der Waals surface area contributed by atoms with Gasteiger partial charge in [0.1, 0.15) is 60.3 Å². The first-order valence-electron chi connectivity index (χ1n) is 27.1. The lowest BCUT2D eigenvalue weighted by atomic mass is 9.97. The number of aliphatic carboxylic acids is 1. The summed E-state index contributed by atoms with van der Waals surface area (Å²) in [7, 11) is 0. The molecule has 86 heavy (non-hydrogen) atoms. The molecule has 2 aliphatic heterocycles. The number of aliphatic hydroxyl groups excluding tert-OH is 6. The summed E-state index contributed by atoms with van der Waals surface area (Å²) >= 11 is 0. The first-order chi connectivity index (χ1) is 41.2. The van der Waals surface area contributed by atoms with Crippen molar-refractivity contribution in [1.29, 1.82) is 0 Å². The van der Waals surface area contributed by atoms with Crippen LogP contribution < -0.4 is 26.6 Å². The van der Waals surface area contributed by atoms with E-state index in [1.165, 1.54) is 0 Å². The third-order valence-corrected chi connectivity index (χ3v) is 12.0. The summed E-state index contributed by atoms with van der Waals surface area (Å²) in [6.07, 6.45) is -18.2. The van der Waals surface area contributed by atoms with Crippen molar-refractivity contribution in [2.24, 2.45) is 0 Å². The SMILES string of the molecule is O=C(O)CNC(COCCC(=O)NCCOCCOCCOCCO[C@@H]1O[C@H](CO)[C@H](O)[C@H](O)[C@H]1Nc1cncc(C(F)(F)F)n1)COCCC(=O)NCCOCCOCCOCCO[C@@H]1O[C@H](CO)[C@H](O)[C@H](O)[C@H]1Nc1cncc(C(F)(F)F)n1. The van der Waals surface area contributed by atoms with Gasteiger partial charge in [-0.15, -0.1) is 0 Å². The Bertz CT molecular complexity index is 2080. The molecule has 37 heteroatoms. The molecule has 2 saturated heterocycles. The van der Waals surface area contributed by atoms with Crippen LogP contribution in [-0.2, 0) is 83.6 Å². The number of rotatable bonds is 45. The van der Waals surface area contributed by atoms with E-state index in [2.05, 4.69) is 46.5 Å². The van der Waals surface area contributed by atoms with Crippen LogP contribution in [0.5, 0.6) is 0 Å². The number of alkyl halides is 6. The molecule has 2 aromatic heterocycles. The Labute approximate surface area is 488 Å². The zero-order valence-corrected chi connectivity index (χ0v) is 46.6. The highest BCUT2D eigenvalue weighted by Gasteiger charge is 2.47. The van der Waals surface area contributed by atoms with E-state index in [-0.39, 0.29) is 175 Å². The number of halogens is 6. The molecule has 2 amide bonds. The summed E-state index contributed by atoms with van der Waals surface area (Å²) < 4.78 is 145. The number of hydrogen-bond donors (Lipinski definition) is 12. The van der Waals surface area contributed by atoms with Crippen molar-refractivity contribution in [3.8, 4) is 0 Å². The zero-order chi connectivity index (χ0) is 62.7. The number of nitrogens with one attached hydrogen (secondary N) is 5. The fourth-order valence-corrected chi connectivity index (χ4v) is 7.65. The van der Waals surface area contributed by atoms with Gasteiger partial charge in [0.15, 0.2) is 24.0 Å². The van der Waals surface area contributed by atoms with Crippen LogP contribution in [-0.4, -0.2) is 293 Å². The predicted molar refractivity (Wildman–Crippen MR) is 278 cm³/mol. The summed E-state index contributed by atoms with van der Waals surface area (Å²) in [5, 5.41) is 83.4. The van der Waals surface area contributed by atoms with Gasteiger partial charge in [-0.3, -0.25) is 29.7 Å². The third-order valence-electron chi connectivity index (χ3n) is 12.0. The highest BCUT2D eigenvalue weighted by atomic mass is 19.4. The molecule has 0 spiro atoms. The molecule has 31 nitrogen and oxygen atoms in total. The smallest absolute Gasteiger partial charge is 0.434 e. The summed E-state index contributed by atoms with van der Waals surface area (Å²) in [4.78, 5) is 49.6. The maximum absolute atomic E-state index is 13.1. The van der Waals surface area contributed by atoms with E-state index in [0.29, 0.717) is 12.4 Å². The topological polar surface area (TPSA) is 415 Å². The molecule has 4 heterocycles. The number of aliphatic hydroxyl groups is 6. The Kier molecular flexibility index (Phi) is 34.6. The standard InChI is InChI=1S/C49H77F6N9O22/c50-48(51,52)33-21-56-23-35(61-33)63-40-44(73)42(71)31(26-65)85-46(40)83-19-17-79-15-13-77-11-9-75-7-3-58-37(67)1-5-81-28-30(60-25-39(69)70)29-82-6-2-38(68)59-4-8-76-10-12-78-14-16-80-18-20-84-47-41(45(74)43(72)32(27-66)86-47)64-36-24-57-22-34(62-36)49(53,54)55/h21-24,30-32,40-47,60,65-66,71-74H,1-20,25-29H2,(H,58,67)(H,59,68)(H,61,63)(H,62,64)(H,69,70)/t31-,32-,40-,41-,42+,43+,44-,45-,46-,47-/m1/s1. The lowest BCUT2D eigenvalue weighted by Gasteiger charge is -2.42. The van der Waals surface area contributed by atoms with Gasteiger partial charge in [-0.1, -0.05) is 0 Å². The second-order valence-corrected chi connectivity index (χ2v) is 18.6. The summed E-state index contributed by atoms with van der Waals surface area (Å²) in [6, 6.07) is -3.17. The van der Waals surface area contributed by atoms with Crippen molar-refractivity contribution in [3.63, 3.8) is 0 Å². The molecule has 0 saturated carbocycles. The van der Waals surface area contributed by atoms with Crippen LogP contribution in [0.25, 0.3) is 0 Å². The molecule has 0 aromatic carbocycles. The second kappa shape index (κ2) is 40.5. The van der Waals surface area contributed by atoms with Gasteiger partial charge >= 0.3 is 18.3 Å². The minimum absolute atomic E-state index is 0.00633. The number of carbonyl (C=O) groups is 3. The van der Waals surface area contributed by atoms with Crippen LogP contribution in [0, 0.1) is 0 Å². The molecule has 2 aliphatic rings. The van der Waals surface area contributed by atoms with Crippen LogP contribution in [0.4, 0.5) is 38.0 Å². The van der Waals surface area contributed by atoms with E-state index < -0.39 is 110 Å². The lowest BCUT2D eigenvalue weighted by molar-refractivity contribution is -0.264. The first kappa shape index (κ1) is 73.5. The number of hydrogen-bond acceptors (Lipinski definition) is 28. The number of anilines is 2. The number of carbonyl (C=O) groups excluding carboxylic acids is 2. The minimum atomic E-state index is -4.78. The van der Waals surface area contributed by atoms with Crippen LogP contribution in [0.1, 0.15) is 24.2 Å². The van der Waals surface area contributed by atoms with Crippen molar-refractivity contribution in [1.82, 2.24) is 35.9 Å². The van der Waals surface area contributed by atoms with E-state index >= 15 is 0 Å². The Balaban J connectivity index is 0.934. The minimum Gasteiger partial charge on any atom is -0.480 e. The fraction of sp³-hybridized carbons (Fsp3) is 0.776. The van der Waals surface area contributed by atoms with E-state index in [4.69, 9.17) is 61.9 Å². The molecule has 4 rings (SSSR count). The van der Waals surface area contributed by atoms with Crippen LogP contribution in [0.15, 0.2) is 24.8 Å². The summed E-state index contributed by atoms with van der Waals surface area (Å²) in [6.45, 7) is 0.362. The largest absolute Gasteiger partial charge is 0.480 e. The molecular weight excluding hydrogens is 1180 g/mol. The number of carboxylic acids is 1. The van der Waals surface area contributed by atoms with Gasteiger partial charge in [0, 0.05) is 25.9 Å². The highest BCUT2D eigenvalue weighted by Crippen LogP contribution is 2.31. The van der Waals surface area contributed by atoms with Crippen molar-refractivity contribution >= 4 is 29.4 Å². The maximum Gasteiger partial charge on any atom is 0.434 e. The average molecular weight is 1260 g/mol. The lowest BCUT2D eigenvalue weighted by Crippen LogP contribution is -2.62. The second-order valence-electron chi connectivity index (χ2n) is 18.6. The van der Waals surface area contributed by atoms with Crippen LogP contribution in [0.2, 0.25) is 0 Å². The number of amides is 2. The Hall–Kier alpha value is -5.01. The Morgan fingerprint density at radius 3 is 1.22 bits per heavy atom. The van der Waals surface area contributed by atoms with Gasteiger partial charge in [0.2, 0.25) is 11.8 Å². The quantitative estimate of drug-likeness (QED) is 0.0228. The van der Waals surface area contributed by atoms with E-state index in [1.807, 2.05) is 0 Å². The fourth-order valence-electron chi connectivity index (χ4n) is 7.65. The molecule has 0 unspecified atom stereocenters. The molecule has 12 N–H and O–H groups in total. The number of carboxylic acid groups (broad SMARTS) is 1. The van der Waals surface area contributed by atoms with Gasteiger partial charge < -0.3 is 114 Å². The van der Waals surface area contributed by atoms with Gasteiger partial charge in [-0.25, -0.2) is 9.97 Å². The molecule has 0 aliphatic carbocycles. The van der Waals surface area contributed by atoms with Crippen molar-refractivity contribution in [3.05, 3.63) is 36.2 Å². The van der Waals surface area contributed by atoms with E-state index in [0.717, 1.165) is 12.4 Å². The molecular formula is C49H77F6N9O22. The van der Waals surface area contributed by atoms with Crippen molar-refractivity contribution in [2.75, 3.05) is 162 Å². The zero-order valence-electron chi connectivity index (χ0n) is 46.6. The van der Waals surface area contributed by atoms with Crippen molar-refractivity contribution < 1.29 is 133 Å². The van der Waals surface area contributed by atoms with Gasteiger partial charge in [-0.2, -0.15) is 26.3 Å². The molecule has 10 atom stereocenters. The Morgan fingerprint density at radius 2 is 0.872 bits per heavy atom. The predicted octanol–water partition coefficient (Wildman–Crippen LogP) is -3.34. The molecule has 492 valence electrons. The monoisotopic (exact) mass is 1260 g/mol. The first-order valence-corrected chi connectivity index (χ1v) is 27.1. The summed E-state index contributed by atoms with van der Waals surface area (Å²) in [5.41, 5.74) is -2.58. The average Bonchev–Trinajstić information content (AvgIpc) is 1.43. The van der Waals surface area contributed by atoms with Crippen LogP contribution >= 0.6 is 0 Å². The Morgan fingerprint density at radius 1 is 0.512 bits per heavy atom. The molecule has 0 bridgehead atoms. The number of nitrogens with zero attached hydrogens (tertiary/aromatic N) is 4. The third kappa shape index (κ3) is 28.4.